The molecule has 0 amide bonds. The molecule has 2 aromatic carbocycles. The molecule has 2 aromatic rings. The third kappa shape index (κ3) is 17.9. The second-order valence-electron chi connectivity index (χ2n) is 3.75. The Balaban J connectivity index is -0.000000291. The van der Waals surface area contributed by atoms with Crippen molar-refractivity contribution in [2.24, 2.45) is 0 Å². The molecule has 128 valence electrons. The maximum atomic E-state index is 8.99. The first-order valence-electron chi connectivity index (χ1n) is 5.99. The summed E-state index contributed by atoms with van der Waals surface area (Å²) >= 11 is 0. The van der Waals surface area contributed by atoms with Gasteiger partial charge in [-0.3, -0.25) is 8.42 Å². The summed E-state index contributed by atoms with van der Waals surface area (Å²) in [4.78, 5) is 0. The van der Waals surface area contributed by atoms with Crippen molar-refractivity contribution in [2.45, 2.75) is 0 Å². The minimum atomic E-state index is -5.17. The zero-order chi connectivity index (χ0) is 17.9. The fourth-order valence-electron chi connectivity index (χ4n) is 1.26. The zero-order valence-corrected chi connectivity index (χ0v) is 21.4. The van der Waals surface area contributed by atoms with Crippen molar-refractivity contribution >= 4 is 10.4 Å². The molecule has 0 saturated carbocycles. The van der Waals surface area contributed by atoms with Crippen molar-refractivity contribution < 1.29 is 140 Å². The standard InChI is InChI=1S/2C7H8O2.2K.H2O4S/c2*1-9-7-5-3-2-4-6(7)8;;;1-5(2,3)4/h2*2-5,8H,1H3;;;(H2,1,2,3,4)/q;;2*+1;/p-2. The molecule has 0 unspecified atom stereocenters. The summed E-state index contributed by atoms with van der Waals surface area (Å²) in [6, 6.07) is 13.7. The first-order chi connectivity index (χ1) is 10.7. The molecule has 0 saturated heterocycles. The van der Waals surface area contributed by atoms with Crippen molar-refractivity contribution in [3.63, 3.8) is 0 Å². The summed E-state index contributed by atoms with van der Waals surface area (Å²) in [6.07, 6.45) is 0. The molecule has 0 bridgehead atoms. The van der Waals surface area contributed by atoms with Crippen molar-refractivity contribution in [1.82, 2.24) is 0 Å². The molecule has 25 heavy (non-hydrogen) atoms. The van der Waals surface area contributed by atoms with E-state index in [4.69, 9.17) is 37.2 Å². The van der Waals surface area contributed by atoms with Crippen LogP contribution in [0.4, 0.5) is 0 Å². The number of hydrogen-bond acceptors (Lipinski definition) is 8. The fourth-order valence-corrected chi connectivity index (χ4v) is 1.26. The maximum Gasteiger partial charge on any atom is 1.00 e. The van der Waals surface area contributed by atoms with Gasteiger partial charge in [0.25, 0.3) is 0 Å². The van der Waals surface area contributed by atoms with Gasteiger partial charge >= 0.3 is 103 Å². The summed E-state index contributed by atoms with van der Waals surface area (Å²) < 4.78 is 43.7. The third-order valence-corrected chi connectivity index (χ3v) is 2.17. The van der Waals surface area contributed by atoms with Crippen molar-refractivity contribution in [2.75, 3.05) is 14.2 Å². The van der Waals surface area contributed by atoms with Crippen LogP contribution in [0.1, 0.15) is 0 Å². The van der Waals surface area contributed by atoms with Crippen LogP contribution in [0, 0.1) is 0 Å². The van der Waals surface area contributed by atoms with E-state index < -0.39 is 10.4 Å². The molecule has 0 atom stereocenters. The summed E-state index contributed by atoms with van der Waals surface area (Å²) in [7, 11) is -2.12. The Labute approximate surface area is 232 Å². The number of aromatic hydroxyl groups is 2. The molecule has 0 spiro atoms. The summed E-state index contributed by atoms with van der Waals surface area (Å²) in [5.74, 6) is 1.38. The maximum absolute atomic E-state index is 8.99. The van der Waals surface area contributed by atoms with Crippen LogP contribution in [-0.4, -0.2) is 42.0 Å². The van der Waals surface area contributed by atoms with Crippen molar-refractivity contribution in [3.05, 3.63) is 48.5 Å². The van der Waals surface area contributed by atoms with Gasteiger partial charge in [0, 0.05) is 10.4 Å². The summed E-state index contributed by atoms with van der Waals surface area (Å²) in [5.41, 5.74) is 0. The van der Waals surface area contributed by atoms with Gasteiger partial charge in [0.05, 0.1) is 14.2 Å². The van der Waals surface area contributed by atoms with Gasteiger partial charge in [-0.15, -0.1) is 0 Å². The van der Waals surface area contributed by atoms with Gasteiger partial charge in [-0.2, -0.15) is 0 Å². The Morgan fingerprint density at radius 1 is 0.760 bits per heavy atom. The summed E-state index contributed by atoms with van der Waals surface area (Å²) in [5, 5.41) is 18.0. The van der Waals surface area contributed by atoms with E-state index in [1.807, 2.05) is 0 Å². The predicted octanol–water partition coefficient (Wildman–Crippen LogP) is -4.53. The van der Waals surface area contributed by atoms with Gasteiger partial charge in [-0.05, 0) is 24.3 Å². The molecule has 0 aliphatic rings. The van der Waals surface area contributed by atoms with Gasteiger partial charge in [-0.25, -0.2) is 0 Å². The molecular weight excluding hydrogens is 406 g/mol. The van der Waals surface area contributed by atoms with E-state index in [2.05, 4.69) is 0 Å². The first kappa shape index (κ1) is 30.5. The Kier molecular flexibility index (Phi) is 20.6. The first-order valence-corrected chi connectivity index (χ1v) is 7.33. The van der Waals surface area contributed by atoms with Crippen LogP contribution in [0.25, 0.3) is 0 Å². The number of benzene rings is 2. The van der Waals surface area contributed by atoms with E-state index in [-0.39, 0.29) is 114 Å². The Bertz CT molecular complexity index is 641. The van der Waals surface area contributed by atoms with E-state index >= 15 is 0 Å². The van der Waals surface area contributed by atoms with Crippen LogP contribution in [0.2, 0.25) is 0 Å². The number of para-hydroxylation sites is 4. The number of rotatable bonds is 2. The number of hydrogen-bond donors (Lipinski definition) is 2. The number of methoxy groups -OCH3 is 2. The number of phenolic OH excluding ortho intramolecular Hbond substituents is 2. The molecule has 0 aromatic heterocycles. The molecule has 0 aliphatic carbocycles. The van der Waals surface area contributed by atoms with Crippen LogP contribution in [0.15, 0.2) is 48.5 Å². The number of phenols is 2. The predicted molar refractivity (Wildman–Crippen MR) is 79.8 cm³/mol. The minimum Gasteiger partial charge on any atom is -0.759 e. The molecule has 2 N–H and O–H groups in total. The topological polar surface area (TPSA) is 139 Å². The number of ether oxygens (including phenoxy) is 2. The van der Waals surface area contributed by atoms with Crippen LogP contribution in [0.5, 0.6) is 23.0 Å². The van der Waals surface area contributed by atoms with Crippen LogP contribution in [0.3, 0.4) is 0 Å². The minimum absolute atomic E-state index is 0. The second-order valence-corrected chi connectivity index (χ2v) is 4.57. The average molecular weight is 423 g/mol. The summed E-state index contributed by atoms with van der Waals surface area (Å²) in [6.45, 7) is 0. The molecule has 0 aliphatic heterocycles. The van der Waals surface area contributed by atoms with Gasteiger partial charge in [-0.1, -0.05) is 24.3 Å². The fraction of sp³-hybridized carbons (Fsp3) is 0.143. The second kappa shape index (κ2) is 16.9. The largest absolute Gasteiger partial charge is 1.00 e. The van der Waals surface area contributed by atoms with Crippen LogP contribution >= 0.6 is 0 Å². The zero-order valence-electron chi connectivity index (χ0n) is 14.4. The quantitative estimate of drug-likeness (QED) is 0.280. The van der Waals surface area contributed by atoms with Gasteiger partial charge in [0.2, 0.25) is 0 Å². The Hall–Kier alpha value is 0.783. The third-order valence-electron chi connectivity index (χ3n) is 2.17. The normalized spacial score (nSPS) is 8.80. The van der Waals surface area contributed by atoms with E-state index in [9.17, 15) is 0 Å². The van der Waals surface area contributed by atoms with Gasteiger partial charge in [0.1, 0.15) is 0 Å². The monoisotopic (exact) mass is 422 g/mol. The molecule has 11 heteroatoms. The van der Waals surface area contributed by atoms with Crippen molar-refractivity contribution in [3.8, 4) is 23.0 Å². The van der Waals surface area contributed by atoms with E-state index in [1.165, 1.54) is 14.2 Å². The van der Waals surface area contributed by atoms with E-state index in [1.54, 1.807) is 48.5 Å². The Morgan fingerprint density at radius 2 is 1.00 bits per heavy atom. The smallest absolute Gasteiger partial charge is 0.759 e. The van der Waals surface area contributed by atoms with E-state index in [0.29, 0.717) is 11.5 Å². The SMILES string of the molecule is COc1ccccc1O.COc1ccccc1O.O=S(=O)([O-])[O-].[K+].[K+]. The van der Waals surface area contributed by atoms with Gasteiger partial charge in [0.15, 0.2) is 23.0 Å². The molecular formula is C14H16K2O8S. The molecule has 8 nitrogen and oxygen atoms in total. The van der Waals surface area contributed by atoms with E-state index in [0.717, 1.165) is 0 Å². The molecule has 0 radical (unpaired) electrons. The average Bonchev–Trinajstić information content (AvgIpc) is 2.47. The molecule has 2 rings (SSSR count). The van der Waals surface area contributed by atoms with Crippen LogP contribution in [-0.2, 0) is 10.4 Å². The van der Waals surface area contributed by atoms with Gasteiger partial charge < -0.3 is 28.8 Å². The molecule has 0 fully saturated rings. The molecule has 0 heterocycles. The van der Waals surface area contributed by atoms with Crippen LogP contribution < -0.4 is 112 Å². The Morgan fingerprint density at radius 3 is 1.16 bits per heavy atom. The van der Waals surface area contributed by atoms with Crippen molar-refractivity contribution in [1.29, 1.82) is 0 Å².